The molecule has 0 aliphatic heterocycles. The first-order valence-corrected chi connectivity index (χ1v) is 6.41. The summed E-state index contributed by atoms with van der Waals surface area (Å²) in [6, 6.07) is 7.70. The lowest BCUT2D eigenvalue weighted by Crippen LogP contribution is -2.28. The molecule has 0 radical (unpaired) electrons. The minimum atomic E-state index is -0.238. The van der Waals surface area contributed by atoms with Gasteiger partial charge < -0.3 is 15.7 Å². The summed E-state index contributed by atoms with van der Waals surface area (Å²) in [5.41, 5.74) is 1.87. The lowest BCUT2D eigenvalue weighted by atomic mass is 10.1. The molecule has 4 heteroatoms. The fourth-order valence-corrected chi connectivity index (χ4v) is 1.99. The Morgan fingerprint density at radius 2 is 2.17 bits per heavy atom. The number of benzene rings is 1. The molecule has 98 valence electrons. The molecule has 1 aliphatic carbocycles. The largest absolute Gasteiger partial charge is 0.392 e. The van der Waals surface area contributed by atoms with Gasteiger partial charge >= 0.3 is 0 Å². The van der Waals surface area contributed by atoms with Crippen LogP contribution in [-0.4, -0.2) is 23.7 Å². The summed E-state index contributed by atoms with van der Waals surface area (Å²) in [7, 11) is 0. The van der Waals surface area contributed by atoms with Crippen LogP contribution in [0.2, 0.25) is 0 Å². The molecule has 1 saturated carbocycles. The van der Waals surface area contributed by atoms with Gasteiger partial charge in [0.25, 0.3) is 0 Å². The molecule has 0 aromatic heterocycles. The van der Waals surface area contributed by atoms with Crippen molar-refractivity contribution >= 4 is 11.6 Å². The third-order valence-corrected chi connectivity index (χ3v) is 3.16. The molecule has 1 aromatic rings. The standard InChI is InChI=1S/C14H20N2O2/c1-10(17)16-13-5-3-2-4-12(13)8-15-9-14(18)11-6-7-11/h2-5,11,14-15,18H,6-9H2,1H3,(H,16,17). The minimum absolute atomic E-state index is 0.0690. The van der Waals surface area contributed by atoms with Gasteiger partial charge in [-0.3, -0.25) is 4.79 Å². The molecule has 0 saturated heterocycles. The third kappa shape index (κ3) is 3.82. The number of carbonyl (C=O) groups excluding carboxylic acids is 1. The van der Waals surface area contributed by atoms with Crippen LogP contribution in [0.25, 0.3) is 0 Å². The van der Waals surface area contributed by atoms with Crippen LogP contribution < -0.4 is 10.6 Å². The predicted molar refractivity (Wildman–Crippen MR) is 71.2 cm³/mol. The molecule has 1 aromatic carbocycles. The van der Waals surface area contributed by atoms with E-state index in [9.17, 15) is 9.90 Å². The number of rotatable bonds is 6. The minimum Gasteiger partial charge on any atom is -0.392 e. The smallest absolute Gasteiger partial charge is 0.221 e. The molecule has 1 atom stereocenters. The maximum atomic E-state index is 11.1. The van der Waals surface area contributed by atoms with Gasteiger partial charge in [0, 0.05) is 25.7 Å². The quantitative estimate of drug-likeness (QED) is 0.715. The summed E-state index contributed by atoms with van der Waals surface area (Å²) < 4.78 is 0. The first kappa shape index (κ1) is 13.1. The van der Waals surface area contributed by atoms with Crippen molar-refractivity contribution in [2.24, 2.45) is 5.92 Å². The zero-order valence-corrected chi connectivity index (χ0v) is 10.6. The normalized spacial score (nSPS) is 16.3. The van der Waals surface area contributed by atoms with Crippen molar-refractivity contribution < 1.29 is 9.90 Å². The number of para-hydroxylation sites is 1. The van der Waals surface area contributed by atoms with Gasteiger partial charge in [0.15, 0.2) is 0 Å². The molecule has 0 heterocycles. The summed E-state index contributed by atoms with van der Waals surface area (Å²) in [5, 5.41) is 15.8. The number of amides is 1. The van der Waals surface area contributed by atoms with Crippen molar-refractivity contribution in [3.63, 3.8) is 0 Å². The van der Waals surface area contributed by atoms with Crippen LogP contribution in [0.3, 0.4) is 0 Å². The first-order valence-electron chi connectivity index (χ1n) is 6.41. The number of carbonyl (C=O) groups is 1. The number of aliphatic hydroxyl groups excluding tert-OH is 1. The molecule has 18 heavy (non-hydrogen) atoms. The second-order valence-electron chi connectivity index (χ2n) is 4.87. The number of aliphatic hydroxyl groups is 1. The van der Waals surface area contributed by atoms with Crippen molar-refractivity contribution in [3.8, 4) is 0 Å². The lowest BCUT2D eigenvalue weighted by molar-refractivity contribution is -0.114. The van der Waals surface area contributed by atoms with Crippen LogP contribution in [0.15, 0.2) is 24.3 Å². The molecule has 1 fully saturated rings. The van der Waals surface area contributed by atoms with Crippen LogP contribution in [0, 0.1) is 5.92 Å². The van der Waals surface area contributed by atoms with Gasteiger partial charge in [-0.2, -0.15) is 0 Å². The number of hydrogen-bond donors (Lipinski definition) is 3. The highest BCUT2D eigenvalue weighted by atomic mass is 16.3. The maximum Gasteiger partial charge on any atom is 0.221 e. The van der Waals surface area contributed by atoms with E-state index >= 15 is 0 Å². The van der Waals surface area contributed by atoms with Crippen molar-refractivity contribution in [1.29, 1.82) is 0 Å². The molecule has 1 unspecified atom stereocenters. The van der Waals surface area contributed by atoms with Crippen LogP contribution in [0.1, 0.15) is 25.3 Å². The molecule has 4 nitrogen and oxygen atoms in total. The highest BCUT2D eigenvalue weighted by Crippen LogP contribution is 2.32. The Morgan fingerprint density at radius 1 is 1.44 bits per heavy atom. The molecule has 0 bridgehead atoms. The van der Waals surface area contributed by atoms with Gasteiger partial charge in [0.1, 0.15) is 0 Å². The fraction of sp³-hybridized carbons (Fsp3) is 0.500. The highest BCUT2D eigenvalue weighted by molar-refractivity contribution is 5.89. The third-order valence-electron chi connectivity index (χ3n) is 3.16. The van der Waals surface area contributed by atoms with Crippen molar-refractivity contribution in [2.45, 2.75) is 32.4 Å². The van der Waals surface area contributed by atoms with Gasteiger partial charge in [0.2, 0.25) is 5.91 Å². The summed E-state index contributed by atoms with van der Waals surface area (Å²) >= 11 is 0. The fourth-order valence-electron chi connectivity index (χ4n) is 1.99. The monoisotopic (exact) mass is 248 g/mol. The highest BCUT2D eigenvalue weighted by Gasteiger charge is 2.29. The Morgan fingerprint density at radius 3 is 2.83 bits per heavy atom. The molecule has 1 amide bonds. The van der Waals surface area contributed by atoms with Crippen LogP contribution >= 0.6 is 0 Å². The molecule has 2 rings (SSSR count). The SMILES string of the molecule is CC(=O)Nc1ccccc1CNCC(O)C1CC1. The first-order chi connectivity index (χ1) is 8.66. The summed E-state index contributed by atoms with van der Waals surface area (Å²) in [4.78, 5) is 11.1. The zero-order valence-electron chi connectivity index (χ0n) is 10.6. The summed E-state index contributed by atoms with van der Waals surface area (Å²) in [6.45, 7) is 2.76. The van der Waals surface area contributed by atoms with E-state index in [-0.39, 0.29) is 12.0 Å². The Labute approximate surface area is 107 Å². The number of hydrogen-bond acceptors (Lipinski definition) is 3. The second kappa shape index (κ2) is 5.98. The van der Waals surface area contributed by atoms with Crippen LogP contribution in [0.4, 0.5) is 5.69 Å². The van der Waals surface area contributed by atoms with Crippen molar-refractivity contribution in [3.05, 3.63) is 29.8 Å². The maximum absolute atomic E-state index is 11.1. The van der Waals surface area contributed by atoms with E-state index in [1.165, 1.54) is 6.92 Å². The summed E-state index contributed by atoms with van der Waals surface area (Å²) in [6.07, 6.45) is 2.05. The molecule has 1 aliphatic rings. The van der Waals surface area contributed by atoms with Gasteiger partial charge in [-0.05, 0) is 30.4 Å². The van der Waals surface area contributed by atoms with E-state index in [1.807, 2.05) is 24.3 Å². The van der Waals surface area contributed by atoms with Gasteiger partial charge in [0.05, 0.1) is 6.10 Å². The Hall–Kier alpha value is -1.39. The average molecular weight is 248 g/mol. The lowest BCUT2D eigenvalue weighted by Gasteiger charge is -2.13. The Bertz CT molecular complexity index is 416. The van der Waals surface area contributed by atoms with Gasteiger partial charge in [-0.15, -0.1) is 0 Å². The number of nitrogens with one attached hydrogen (secondary N) is 2. The van der Waals surface area contributed by atoms with Crippen LogP contribution in [-0.2, 0) is 11.3 Å². The second-order valence-corrected chi connectivity index (χ2v) is 4.87. The van der Waals surface area contributed by atoms with E-state index < -0.39 is 0 Å². The zero-order chi connectivity index (χ0) is 13.0. The van der Waals surface area contributed by atoms with Crippen LogP contribution in [0.5, 0.6) is 0 Å². The molecular formula is C14H20N2O2. The van der Waals surface area contributed by atoms with E-state index in [0.29, 0.717) is 19.0 Å². The molecule has 0 spiro atoms. The van der Waals surface area contributed by atoms with Gasteiger partial charge in [-0.25, -0.2) is 0 Å². The van der Waals surface area contributed by atoms with E-state index in [4.69, 9.17) is 0 Å². The Balaban J connectivity index is 1.85. The van der Waals surface area contributed by atoms with E-state index in [0.717, 1.165) is 24.1 Å². The number of anilines is 1. The van der Waals surface area contributed by atoms with Gasteiger partial charge in [-0.1, -0.05) is 18.2 Å². The van der Waals surface area contributed by atoms with E-state index in [1.54, 1.807) is 0 Å². The molecular weight excluding hydrogens is 228 g/mol. The predicted octanol–water partition coefficient (Wildman–Crippen LogP) is 1.51. The van der Waals surface area contributed by atoms with Crippen molar-refractivity contribution in [1.82, 2.24) is 5.32 Å². The molecule has 3 N–H and O–H groups in total. The van der Waals surface area contributed by atoms with E-state index in [2.05, 4.69) is 10.6 Å². The average Bonchev–Trinajstić information content (AvgIpc) is 3.14. The summed E-state index contributed by atoms with van der Waals surface area (Å²) in [5.74, 6) is 0.420. The topological polar surface area (TPSA) is 61.4 Å². The Kier molecular flexibility index (Phi) is 4.33. The van der Waals surface area contributed by atoms with Crippen molar-refractivity contribution in [2.75, 3.05) is 11.9 Å².